The van der Waals surface area contributed by atoms with Crippen LogP contribution in [0.3, 0.4) is 0 Å². The fraction of sp³-hybridized carbons (Fsp3) is 0.667. The van der Waals surface area contributed by atoms with Gasteiger partial charge in [-0.15, -0.1) is 0 Å². The van der Waals surface area contributed by atoms with Gasteiger partial charge in [-0.2, -0.15) is 0 Å². The van der Waals surface area contributed by atoms with E-state index < -0.39 is 0 Å². The summed E-state index contributed by atoms with van der Waals surface area (Å²) in [7, 11) is 0. The van der Waals surface area contributed by atoms with Gasteiger partial charge in [-0.3, -0.25) is 10.3 Å². The van der Waals surface area contributed by atoms with E-state index in [-0.39, 0.29) is 0 Å². The van der Waals surface area contributed by atoms with Gasteiger partial charge in [0, 0.05) is 0 Å². The maximum absolute atomic E-state index is 3.90. The average molecular weight is 148 g/mol. The van der Waals surface area contributed by atoms with Crippen molar-refractivity contribution >= 4 is 20.7 Å². The number of hydrogen-bond acceptors (Lipinski definition) is 1. The summed E-state index contributed by atoms with van der Waals surface area (Å²) in [6.07, 6.45) is 0. The van der Waals surface area contributed by atoms with E-state index in [0.29, 0.717) is 0 Å². The zero-order chi connectivity index (χ0) is 4.41. The molecule has 1 rings (SSSR count). The van der Waals surface area contributed by atoms with Crippen molar-refractivity contribution in [3.63, 3.8) is 0 Å². The average Bonchev–Trinajstić information content (AvgIpc) is 1.86. The fourth-order valence-electron chi connectivity index (χ4n) is 0.335. The summed E-state index contributed by atoms with van der Waals surface area (Å²) in [5.74, 6) is 0. The largest absolute Gasteiger partial charge is 0.259 e. The summed E-state index contributed by atoms with van der Waals surface area (Å²) < 4.78 is 0.766. The second-order valence-corrected chi connectivity index (χ2v) is 1.74. The Morgan fingerprint density at radius 2 is 2.33 bits per heavy atom. The van der Waals surface area contributed by atoms with Crippen LogP contribution in [-0.4, -0.2) is 17.8 Å². The predicted molar refractivity (Wildman–Crippen MR) is 28.2 cm³/mol. The van der Waals surface area contributed by atoms with Gasteiger partial charge in [0.25, 0.3) is 0 Å². The van der Waals surface area contributed by atoms with E-state index in [1.54, 1.807) is 0 Å². The van der Waals surface area contributed by atoms with Crippen molar-refractivity contribution < 1.29 is 0 Å². The normalized spacial score (nSPS) is 19.8. The van der Waals surface area contributed by atoms with Crippen LogP contribution in [0.2, 0.25) is 0 Å². The minimum absolute atomic E-state index is 0.766. The lowest BCUT2D eigenvalue weighted by molar-refractivity contribution is 0.951. The number of nitrogens with zero attached hydrogens (tertiary/aromatic N) is 2. The van der Waals surface area contributed by atoms with Crippen molar-refractivity contribution in [2.45, 2.75) is 0 Å². The summed E-state index contributed by atoms with van der Waals surface area (Å²) >= 11 is 3.12. The summed E-state index contributed by atoms with van der Waals surface area (Å²) in [5, 5.41) is 3.90. The van der Waals surface area contributed by atoms with E-state index in [0.717, 1.165) is 17.8 Å². The van der Waals surface area contributed by atoms with Crippen LogP contribution in [0.25, 0.3) is 0 Å². The first kappa shape index (κ1) is 4.12. The molecule has 2 nitrogen and oxygen atoms in total. The summed E-state index contributed by atoms with van der Waals surface area (Å²) in [4.78, 5) is 3.90. The molecule has 1 heterocycles. The number of rotatable bonds is 0. The van der Waals surface area contributed by atoms with Crippen LogP contribution in [0.4, 0.5) is 0 Å². The summed E-state index contributed by atoms with van der Waals surface area (Å²) in [6, 6.07) is 0. The molecular weight excluding hydrogens is 144 g/mol. The number of amidine groups is 1. The van der Waals surface area contributed by atoms with Gasteiger partial charge in [-0.25, -0.2) is 0 Å². The van der Waals surface area contributed by atoms with Gasteiger partial charge in [-0.1, -0.05) is 0 Å². The highest BCUT2D eigenvalue weighted by Crippen LogP contribution is 1.92. The molecule has 0 amide bonds. The number of aliphatic imine (C=N–C) groups is 1. The van der Waals surface area contributed by atoms with Gasteiger partial charge < -0.3 is 0 Å². The quantitative estimate of drug-likeness (QED) is 0.443. The SMILES string of the molecule is BrC1=NCC[N]1. The van der Waals surface area contributed by atoms with Crippen LogP contribution in [0.5, 0.6) is 0 Å². The van der Waals surface area contributed by atoms with Crippen molar-refractivity contribution in [1.82, 2.24) is 5.32 Å². The molecule has 0 N–H and O–H groups in total. The molecule has 3 heteroatoms. The minimum Gasteiger partial charge on any atom is -0.259 e. The summed E-state index contributed by atoms with van der Waals surface area (Å²) in [5.41, 5.74) is 0. The van der Waals surface area contributed by atoms with Crippen molar-refractivity contribution in [2.24, 2.45) is 4.99 Å². The Hall–Kier alpha value is -0.0500. The van der Waals surface area contributed by atoms with Gasteiger partial charge in [0.2, 0.25) is 0 Å². The third-order valence-electron chi connectivity index (χ3n) is 0.585. The summed E-state index contributed by atoms with van der Waals surface area (Å²) in [6.45, 7) is 1.72. The Morgan fingerprint density at radius 3 is 2.50 bits per heavy atom. The van der Waals surface area contributed by atoms with Crippen LogP contribution in [-0.2, 0) is 0 Å². The molecule has 0 aromatic carbocycles. The minimum atomic E-state index is 0.766. The van der Waals surface area contributed by atoms with E-state index in [2.05, 4.69) is 26.2 Å². The molecule has 1 aliphatic rings. The van der Waals surface area contributed by atoms with Gasteiger partial charge in [0.15, 0.2) is 4.74 Å². The smallest absolute Gasteiger partial charge is 0.187 e. The van der Waals surface area contributed by atoms with E-state index in [1.165, 1.54) is 0 Å². The highest BCUT2D eigenvalue weighted by Gasteiger charge is 1.98. The van der Waals surface area contributed by atoms with E-state index in [9.17, 15) is 0 Å². The molecule has 0 spiro atoms. The molecule has 6 heavy (non-hydrogen) atoms. The van der Waals surface area contributed by atoms with E-state index >= 15 is 0 Å². The first-order chi connectivity index (χ1) is 2.89. The third-order valence-corrected chi connectivity index (χ3v) is 1.09. The molecule has 1 radical (unpaired) electrons. The van der Waals surface area contributed by atoms with Crippen LogP contribution in [0.1, 0.15) is 0 Å². The molecule has 0 aromatic heterocycles. The molecule has 1 aliphatic heterocycles. The molecule has 0 atom stereocenters. The van der Waals surface area contributed by atoms with E-state index in [1.807, 2.05) is 0 Å². The van der Waals surface area contributed by atoms with Gasteiger partial charge in [-0.05, 0) is 15.9 Å². The highest BCUT2D eigenvalue weighted by atomic mass is 79.9. The number of hydrogen-bond donors (Lipinski definition) is 0. The lowest BCUT2D eigenvalue weighted by Crippen LogP contribution is -2.01. The Morgan fingerprint density at radius 1 is 1.50 bits per heavy atom. The maximum Gasteiger partial charge on any atom is 0.187 e. The second-order valence-electron chi connectivity index (χ2n) is 1.03. The molecule has 0 aromatic rings. The van der Waals surface area contributed by atoms with Crippen molar-refractivity contribution in [3.8, 4) is 0 Å². The van der Waals surface area contributed by atoms with E-state index in [4.69, 9.17) is 0 Å². The Kier molecular flexibility index (Phi) is 1.10. The molecule has 0 unspecified atom stereocenters. The van der Waals surface area contributed by atoms with Crippen molar-refractivity contribution in [3.05, 3.63) is 0 Å². The zero-order valence-corrected chi connectivity index (χ0v) is 4.77. The first-order valence-electron chi connectivity index (χ1n) is 1.77. The monoisotopic (exact) mass is 147 g/mol. The van der Waals surface area contributed by atoms with Crippen LogP contribution >= 0.6 is 15.9 Å². The molecule has 0 saturated heterocycles. The molecule has 0 aliphatic carbocycles. The molecular formula is C3H4BrN2. The second kappa shape index (κ2) is 1.60. The van der Waals surface area contributed by atoms with Crippen molar-refractivity contribution in [1.29, 1.82) is 0 Å². The molecule has 33 valence electrons. The Bertz CT molecular complexity index is 78.9. The molecule has 0 bridgehead atoms. The fourth-order valence-corrected chi connectivity index (χ4v) is 0.689. The standard InChI is InChI=1S/C3H4BrN2/c4-3-5-1-2-6-3/h1-2H2. The van der Waals surface area contributed by atoms with Crippen molar-refractivity contribution in [2.75, 3.05) is 13.1 Å². The van der Waals surface area contributed by atoms with Crippen LogP contribution < -0.4 is 5.32 Å². The van der Waals surface area contributed by atoms with Gasteiger partial charge in [0.05, 0.1) is 13.1 Å². The van der Waals surface area contributed by atoms with Gasteiger partial charge >= 0.3 is 0 Å². The first-order valence-corrected chi connectivity index (χ1v) is 2.56. The zero-order valence-electron chi connectivity index (χ0n) is 3.19. The third kappa shape index (κ3) is 0.712. The molecule has 0 saturated carbocycles. The Labute approximate surface area is 44.8 Å². The Balaban J connectivity index is 2.45. The lowest BCUT2D eigenvalue weighted by Gasteiger charge is -1.77. The van der Waals surface area contributed by atoms with Crippen LogP contribution in [0, 0.1) is 0 Å². The predicted octanol–water partition coefficient (Wildman–Crippen LogP) is 0.355. The number of halogens is 1. The lowest BCUT2D eigenvalue weighted by atomic mass is 10.7. The van der Waals surface area contributed by atoms with Gasteiger partial charge in [0.1, 0.15) is 0 Å². The van der Waals surface area contributed by atoms with Crippen LogP contribution in [0.15, 0.2) is 4.99 Å². The maximum atomic E-state index is 3.90. The highest BCUT2D eigenvalue weighted by molar-refractivity contribution is 9.18. The topological polar surface area (TPSA) is 26.5 Å². The molecule has 0 fully saturated rings.